The molecular weight excluding hydrogens is 206 g/mol. The molecule has 1 aromatic carbocycles. The second-order valence-corrected chi connectivity index (χ2v) is 3.34. The summed E-state index contributed by atoms with van der Waals surface area (Å²) in [6.07, 6.45) is 3.22. The van der Waals surface area contributed by atoms with Crippen LogP contribution in [0, 0.1) is 0 Å². The molecule has 0 radical (unpaired) electrons. The highest BCUT2D eigenvalue weighted by Gasteiger charge is 2.06. The maximum Gasteiger partial charge on any atom is 0.328 e. The molecule has 0 spiro atoms. The molecule has 1 aromatic heterocycles. The van der Waals surface area contributed by atoms with E-state index in [1.807, 2.05) is 25.1 Å². The third-order valence-electron chi connectivity index (χ3n) is 2.26. The van der Waals surface area contributed by atoms with Crippen molar-refractivity contribution >= 4 is 23.1 Å². The van der Waals surface area contributed by atoms with Crippen LogP contribution in [0.25, 0.3) is 17.2 Å². The Labute approximate surface area is 92.2 Å². The van der Waals surface area contributed by atoms with Gasteiger partial charge in [0.15, 0.2) is 5.58 Å². The van der Waals surface area contributed by atoms with Crippen LogP contribution in [0.3, 0.4) is 0 Å². The number of hydrogen-bond acceptors (Lipinski definition) is 3. The number of fused-ring (bicyclic) bond motifs is 1. The van der Waals surface area contributed by atoms with Gasteiger partial charge in [0, 0.05) is 12.2 Å². The predicted molar refractivity (Wildman–Crippen MR) is 60.1 cm³/mol. The van der Waals surface area contributed by atoms with E-state index in [4.69, 9.17) is 9.52 Å². The van der Waals surface area contributed by atoms with Crippen LogP contribution in [-0.4, -0.2) is 16.1 Å². The first kappa shape index (κ1) is 10.4. The SMILES string of the molecule is CCc1cccc2nc(/C=C/C(=O)O)oc12. The Kier molecular flexibility index (Phi) is 2.72. The Morgan fingerprint density at radius 2 is 2.38 bits per heavy atom. The predicted octanol–water partition coefficient (Wildman–Crippen LogP) is 2.49. The molecule has 0 aliphatic heterocycles. The number of rotatable bonds is 3. The van der Waals surface area contributed by atoms with Crippen molar-refractivity contribution in [2.24, 2.45) is 0 Å². The minimum absolute atomic E-state index is 0.318. The summed E-state index contributed by atoms with van der Waals surface area (Å²) in [5.74, 6) is -0.698. The number of hydrogen-bond donors (Lipinski definition) is 1. The van der Waals surface area contributed by atoms with E-state index in [1.54, 1.807) is 0 Å². The van der Waals surface area contributed by atoms with Crippen molar-refractivity contribution in [3.8, 4) is 0 Å². The second kappa shape index (κ2) is 4.18. The van der Waals surface area contributed by atoms with Gasteiger partial charge in [0.05, 0.1) is 0 Å². The van der Waals surface area contributed by atoms with Gasteiger partial charge in [0.1, 0.15) is 5.52 Å². The van der Waals surface area contributed by atoms with Crippen LogP contribution < -0.4 is 0 Å². The zero-order valence-corrected chi connectivity index (χ0v) is 8.80. The van der Waals surface area contributed by atoms with Gasteiger partial charge in [-0.2, -0.15) is 0 Å². The number of oxazole rings is 1. The number of carbonyl (C=O) groups is 1. The molecule has 0 atom stereocenters. The summed E-state index contributed by atoms with van der Waals surface area (Å²) in [6, 6.07) is 5.72. The van der Waals surface area contributed by atoms with Crippen molar-refractivity contribution < 1.29 is 14.3 Å². The lowest BCUT2D eigenvalue weighted by molar-refractivity contribution is -0.131. The van der Waals surface area contributed by atoms with Gasteiger partial charge >= 0.3 is 5.97 Å². The molecule has 2 aromatic rings. The number of aliphatic carboxylic acids is 1. The molecule has 16 heavy (non-hydrogen) atoms. The van der Waals surface area contributed by atoms with E-state index in [1.165, 1.54) is 6.08 Å². The maximum atomic E-state index is 10.4. The second-order valence-electron chi connectivity index (χ2n) is 3.34. The highest BCUT2D eigenvalue weighted by molar-refractivity contribution is 5.85. The fourth-order valence-corrected chi connectivity index (χ4v) is 1.52. The molecule has 0 fully saturated rings. The molecular formula is C12H11NO3. The number of para-hydroxylation sites is 1. The lowest BCUT2D eigenvalue weighted by atomic mass is 10.1. The first-order chi connectivity index (χ1) is 7.70. The fraction of sp³-hybridized carbons (Fsp3) is 0.167. The highest BCUT2D eigenvalue weighted by Crippen LogP contribution is 2.20. The van der Waals surface area contributed by atoms with Crippen LogP contribution in [0.15, 0.2) is 28.7 Å². The van der Waals surface area contributed by atoms with Crippen LogP contribution in [0.2, 0.25) is 0 Å². The van der Waals surface area contributed by atoms with E-state index in [0.717, 1.165) is 29.2 Å². The summed E-state index contributed by atoms with van der Waals surface area (Å²) >= 11 is 0. The van der Waals surface area contributed by atoms with Gasteiger partial charge in [0.2, 0.25) is 5.89 Å². The van der Waals surface area contributed by atoms with Crippen LogP contribution in [0.1, 0.15) is 18.4 Å². The molecule has 0 saturated heterocycles. The third-order valence-corrected chi connectivity index (χ3v) is 2.26. The number of carboxylic acids is 1. The van der Waals surface area contributed by atoms with Gasteiger partial charge in [-0.1, -0.05) is 19.1 Å². The molecule has 4 nitrogen and oxygen atoms in total. The lowest BCUT2D eigenvalue weighted by Gasteiger charge is -1.94. The molecule has 2 rings (SSSR count). The molecule has 0 unspecified atom stereocenters. The monoisotopic (exact) mass is 217 g/mol. The Morgan fingerprint density at radius 3 is 3.06 bits per heavy atom. The topological polar surface area (TPSA) is 63.3 Å². The molecule has 1 heterocycles. The van der Waals surface area contributed by atoms with Crippen LogP contribution in [0.5, 0.6) is 0 Å². The summed E-state index contributed by atoms with van der Waals surface area (Å²) in [5, 5.41) is 8.49. The number of nitrogens with zero attached hydrogens (tertiary/aromatic N) is 1. The van der Waals surface area contributed by atoms with Gasteiger partial charge in [-0.3, -0.25) is 0 Å². The molecule has 0 bridgehead atoms. The van der Waals surface area contributed by atoms with Crippen molar-refractivity contribution in [3.05, 3.63) is 35.7 Å². The average Bonchev–Trinajstić information content (AvgIpc) is 2.68. The Morgan fingerprint density at radius 1 is 1.56 bits per heavy atom. The molecule has 0 aliphatic carbocycles. The van der Waals surface area contributed by atoms with Gasteiger partial charge < -0.3 is 9.52 Å². The quantitative estimate of drug-likeness (QED) is 0.802. The van der Waals surface area contributed by atoms with Crippen molar-refractivity contribution in [2.75, 3.05) is 0 Å². The number of benzene rings is 1. The molecule has 4 heteroatoms. The normalized spacial score (nSPS) is 11.3. The molecule has 1 N–H and O–H groups in total. The lowest BCUT2D eigenvalue weighted by Crippen LogP contribution is -1.85. The van der Waals surface area contributed by atoms with Crippen molar-refractivity contribution in [2.45, 2.75) is 13.3 Å². The Hall–Kier alpha value is -2.10. The standard InChI is InChI=1S/C12H11NO3/c1-2-8-4-3-5-9-12(8)16-10(13-9)6-7-11(14)15/h3-7H,2H2,1H3,(H,14,15)/b7-6+. The molecule has 0 aliphatic rings. The van der Waals surface area contributed by atoms with E-state index in [0.29, 0.717) is 5.89 Å². The fourth-order valence-electron chi connectivity index (χ4n) is 1.52. The largest absolute Gasteiger partial charge is 0.478 e. The summed E-state index contributed by atoms with van der Waals surface area (Å²) in [7, 11) is 0. The Balaban J connectivity index is 2.47. The average molecular weight is 217 g/mol. The molecule has 0 saturated carbocycles. The number of carboxylic acid groups (broad SMARTS) is 1. The van der Waals surface area contributed by atoms with Crippen LogP contribution in [0.4, 0.5) is 0 Å². The minimum Gasteiger partial charge on any atom is -0.478 e. The van der Waals surface area contributed by atoms with Crippen LogP contribution in [-0.2, 0) is 11.2 Å². The van der Waals surface area contributed by atoms with Gasteiger partial charge in [0.25, 0.3) is 0 Å². The molecule has 0 amide bonds. The van der Waals surface area contributed by atoms with E-state index in [-0.39, 0.29) is 0 Å². The molecule has 82 valence electrons. The van der Waals surface area contributed by atoms with E-state index < -0.39 is 5.97 Å². The summed E-state index contributed by atoms with van der Waals surface area (Å²) < 4.78 is 5.48. The number of aromatic nitrogens is 1. The van der Waals surface area contributed by atoms with Crippen LogP contribution >= 0.6 is 0 Å². The summed E-state index contributed by atoms with van der Waals surface area (Å²) in [4.78, 5) is 14.5. The van der Waals surface area contributed by atoms with Crippen molar-refractivity contribution in [1.82, 2.24) is 4.98 Å². The van der Waals surface area contributed by atoms with E-state index in [9.17, 15) is 4.79 Å². The minimum atomic E-state index is -1.02. The van der Waals surface area contributed by atoms with E-state index in [2.05, 4.69) is 4.98 Å². The first-order valence-electron chi connectivity index (χ1n) is 5.00. The number of aryl methyl sites for hydroxylation is 1. The van der Waals surface area contributed by atoms with Gasteiger partial charge in [-0.05, 0) is 18.1 Å². The van der Waals surface area contributed by atoms with Crippen molar-refractivity contribution in [3.63, 3.8) is 0 Å². The van der Waals surface area contributed by atoms with Gasteiger partial charge in [-0.15, -0.1) is 0 Å². The zero-order valence-electron chi connectivity index (χ0n) is 8.80. The van der Waals surface area contributed by atoms with E-state index >= 15 is 0 Å². The highest BCUT2D eigenvalue weighted by atomic mass is 16.4. The van der Waals surface area contributed by atoms with Gasteiger partial charge in [-0.25, -0.2) is 9.78 Å². The first-order valence-corrected chi connectivity index (χ1v) is 5.00. The summed E-state index contributed by atoms with van der Waals surface area (Å²) in [5.41, 5.74) is 2.56. The zero-order chi connectivity index (χ0) is 11.5. The third kappa shape index (κ3) is 1.95. The maximum absolute atomic E-state index is 10.4. The summed E-state index contributed by atoms with van der Waals surface area (Å²) in [6.45, 7) is 2.03. The smallest absolute Gasteiger partial charge is 0.328 e. The van der Waals surface area contributed by atoms with Crippen molar-refractivity contribution in [1.29, 1.82) is 0 Å². The Bertz CT molecular complexity index is 554.